The van der Waals surface area contributed by atoms with Gasteiger partial charge in [-0.2, -0.15) is 0 Å². The summed E-state index contributed by atoms with van der Waals surface area (Å²) in [6.45, 7) is 6.32. The van der Waals surface area contributed by atoms with Crippen molar-refractivity contribution >= 4 is 5.78 Å². The van der Waals surface area contributed by atoms with Crippen LogP contribution in [0.3, 0.4) is 0 Å². The van der Waals surface area contributed by atoms with Crippen molar-refractivity contribution in [3.63, 3.8) is 0 Å². The van der Waals surface area contributed by atoms with Crippen LogP contribution in [0.2, 0.25) is 0 Å². The summed E-state index contributed by atoms with van der Waals surface area (Å²) in [5.41, 5.74) is 1.34. The molecule has 0 aromatic carbocycles. The maximum Gasteiger partial charge on any atom is 0.140 e. The lowest BCUT2D eigenvalue weighted by Crippen LogP contribution is -1.98. The summed E-state index contributed by atoms with van der Waals surface area (Å²) in [6.07, 6.45) is 3.93. The number of hydrogen-bond acceptors (Lipinski definition) is 1. The smallest absolute Gasteiger partial charge is 0.140 e. The first kappa shape index (κ1) is 8.51. The van der Waals surface area contributed by atoms with Gasteiger partial charge in [0.05, 0.1) is 0 Å². The van der Waals surface area contributed by atoms with Crippen molar-refractivity contribution in [2.45, 2.75) is 33.6 Å². The zero-order valence-electron chi connectivity index (χ0n) is 7.55. The van der Waals surface area contributed by atoms with Crippen molar-refractivity contribution in [3.8, 4) is 0 Å². The van der Waals surface area contributed by atoms with E-state index in [9.17, 15) is 4.79 Å². The topological polar surface area (TPSA) is 17.1 Å². The molecular formula is C10H16O. The molecule has 62 valence electrons. The Kier molecular flexibility index (Phi) is 2.48. The SMILES string of the molecule is CC(C)/C=C1\CC(=O)C(C)C1. The van der Waals surface area contributed by atoms with E-state index in [0.717, 1.165) is 6.42 Å². The summed E-state index contributed by atoms with van der Waals surface area (Å²) >= 11 is 0. The minimum atomic E-state index is 0.278. The minimum absolute atomic E-state index is 0.278. The van der Waals surface area contributed by atoms with Crippen molar-refractivity contribution in [3.05, 3.63) is 11.6 Å². The summed E-state index contributed by atoms with van der Waals surface area (Å²) in [7, 11) is 0. The molecule has 0 N–H and O–H groups in total. The summed E-state index contributed by atoms with van der Waals surface area (Å²) in [6, 6.07) is 0. The normalized spacial score (nSPS) is 28.9. The van der Waals surface area contributed by atoms with Crippen LogP contribution in [0.1, 0.15) is 33.6 Å². The van der Waals surface area contributed by atoms with Crippen LogP contribution < -0.4 is 0 Å². The van der Waals surface area contributed by atoms with E-state index in [-0.39, 0.29) is 5.92 Å². The van der Waals surface area contributed by atoms with Gasteiger partial charge in [0.15, 0.2) is 0 Å². The van der Waals surface area contributed by atoms with E-state index in [1.54, 1.807) is 0 Å². The molecule has 1 nitrogen and oxygen atoms in total. The standard InChI is InChI=1S/C10H16O/c1-7(2)4-9-5-8(3)10(11)6-9/h4,7-8H,5-6H2,1-3H3/b9-4-. The van der Waals surface area contributed by atoms with Crippen molar-refractivity contribution < 1.29 is 4.79 Å². The largest absolute Gasteiger partial charge is 0.299 e. The molecule has 0 aromatic rings. The van der Waals surface area contributed by atoms with Crippen LogP contribution in [0.5, 0.6) is 0 Å². The fraction of sp³-hybridized carbons (Fsp3) is 0.700. The fourth-order valence-electron chi connectivity index (χ4n) is 1.58. The Morgan fingerprint density at radius 1 is 1.55 bits per heavy atom. The molecule has 0 aliphatic heterocycles. The zero-order chi connectivity index (χ0) is 8.43. The van der Waals surface area contributed by atoms with Gasteiger partial charge < -0.3 is 0 Å². The van der Waals surface area contributed by atoms with E-state index in [1.165, 1.54) is 5.57 Å². The third-order valence-corrected chi connectivity index (χ3v) is 2.09. The molecule has 0 radical (unpaired) electrons. The Hall–Kier alpha value is -0.590. The van der Waals surface area contributed by atoms with Crippen LogP contribution in [0.4, 0.5) is 0 Å². The lowest BCUT2D eigenvalue weighted by molar-refractivity contribution is -0.120. The third kappa shape index (κ3) is 2.18. The molecule has 1 saturated carbocycles. The summed E-state index contributed by atoms with van der Waals surface area (Å²) < 4.78 is 0. The fourth-order valence-corrected chi connectivity index (χ4v) is 1.58. The Labute approximate surface area is 68.5 Å². The van der Waals surface area contributed by atoms with Crippen LogP contribution in [-0.2, 0) is 4.79 Å². The highest BCUT2D eigenvalue weighted by Gasteiger charge is 2.23. The number of Topliss-reactive ketones (excluding diaryl/α,β-unsaturated/α-hetero) is 1. The maximum absolute atomic E-state index is 11.1. The molecule has 0 aromatic heterocycles. The van der Waals surface area contributed by atoms with Crippen LogP contribution in [-0.4, -0.2) is 5.78 Å². The van der Waals surface area contributed by atoms with Crippen LogP contribution in [0.25, 0.3) is 0 Å². The second kappa shape index (κ2) is 3.21. The molecule has 0 heterocycles. The molecule has 0 spiro atoms. The first-order chi connectivity index (χ1) is 5.09. The monoisotopic (exact) mass is 152 g/mol. The van der Waals surface area contributed by atoms with Gasteiger partial charge in [0.2, 0.25) is 0 Å². The molecule has 1 heteroatoms. The van der Waals surface area contributed by atoms with Crippen molar-refractivity contribution in [1.29, 1.82) is 0 Å². The molecule has 0 amide bonds. The molecule has 1 aliphatic carbocycles. The Balaban J connectivity index is 2.60. The molecule has 1 aliphatic rings. The molecule has 1 rings (SSSR count). The summed E-state index contributed by atoms with van der Waals surface area (Å²) in [5, 5.41) is 0. The second-order valence-corrected chi connectivity index (χ2v) is 3.82. The molecule has 0 saturated heterocycles. The lowest BCUT2D eigenvalue weighted by atomic mass is 10.1. The first-order valence-corrected chi connectivity index (χ1v) is 4.32. The van der Waals surface area contributed by atoms with Gasteiger partial charge in [-0.3, -0.25) is 4.79 Å². The number of ketones is 1. The van der Waals surface area contributed by atoms with E-state index in [2.05, 4.69) is 19.9 Å². The van der Waals surface area contributed by atoms with Gasteiger partial charge in [0, 0.05) is 12.3 Å². The number of rotatable bonds is 1. The third-order valence-electron chi connectivity index (χ3n) is 2.09. The van der Waals surface area contributed by atoms with Gasteiger partial charge in [-0.15, -0.1) is 0 Å². The van der Waals surface area contributed by atoms with E-state index in [4.69, 9.17) is 0 Å². The average Bonchev–Trinajstić information content (AvgIpc) is 2.10. The number of carbonyl (C=O) groups excluding carboxylic acids is 1. The van der Waals surface area contributed by atoms with Gasteiger partial charge in [-0.05, 0) is 12.3 Å². The minimum Gasteiger partial charge on any atom is -0.299 e. The van der Waals surface area contributed by atoms with Crippen LogP contribution in [0, 0.1) is 11.8 Å². The van der Waals surface area contributed by atoms with E-state index < -0.39 is 0 Å². The van der Waals surface area contributed by atoms with Crippen LogP contribution in [0.15, 0.2) is 11.6 Å². The first-order valence-electron chi connectivity index (χ1n) is 4.32. The Morgan fingerprint density at radius 2 is 2.18 bits per heavy atom. The highest BCUT2D eigenvalue weighted by atomic mass is 16.1. The zero-order valence-corrected chi connectivity index (χ0v) is 7.55. The Morgan fingerprint density at radius 3 is 2.55 bits per heavy atom. The van der Waals surface area contributed by atoms with Gasteiger partial charge in [0.25, 0.3) is 0 Å². The lowest BCUT2D eigenvalue weighted by Gasteiger charge is -1.98. The van der Waals surface area contributed by atoms with E-state index in [1.807, 2.05) is 6.92 Å². The Bertz CT molecular complexity index is 189. The molecule has 1 atom stereocenters. The molecule has 1 fully saturated rings. The van der Waals surface area contributed by atoms with Crippen LogP contribution >= 0.6 is 0 Å². The highest BCUT2D eigenvalue weighted by Crippen LogP contribution is 2.27. The van der Waals surface area contributed by atoms with Gasteiger partial charge >= 0.3 is 0 Å². The number of carbonyl (C=O) groups is 1. The second-order valence-electron chi connectivity index (χ2n) is 3.82. The summed E-state index contributed by atoms with van der Waals surface area (Å²) in [5.74, 6) is 1.28. The molecule has 1 unspecified atom stereocenters. The average molecular weight is 152 g/mol. The quantitative estimate of drug-likeness (QED) is 0.528. The molecule has 11 heavy (non-hydrogen) atoms. The van der Waals surface area contributed by atoms with Gasteiger partial charge in [-0.25, -0.2) is 0 Å². The number of hydrogen-bond donors (Lipinski definition) is 0. The van der Waals surface area contributed by atoms with E-state index >= 15 is 0 Å². The van der Waals surface area contributed by atoms with Gasteiger partial charge in [0.1, 0.15) is 5.78 Å². The van der Waals surface area contributed by atoms with Gasteiger partial charge in [-0.1, -0.05) is 32.4 Å². The van der Waals surface area contributed by atoms with E-state index in [0.29, 0.717) is 18.1 Å². The molecular weight excluding hydrogens is 136 g/mol. The predicted octanol–water partition coefficient (Wildman–Crippen LogP) is 2.57. The highest BCUT2D eigenvalue weighted by molar-refractivity contribution is 5.86. The summed E-state index contributed by atoms with van der Waals surface area (Å²) in [4.78, 5) is 11.1. The molecule has 0 bridgehead atoms. The van der Waals surface area contributed by atoms with Crippen molar-refractivity contribution in [2.75, 3.05) is 0 Å². The maximum atomic E-state index is 11.1. The van der Waals surface area contributed by atoms with Crippen molar-refractivity contribution in [2.24, 2.45) is 11.8 Å². The van der Waals surface area contributed by atoms with Crippen molar-refractivity contribution in [1.82, 2.24) is 0 Å². The predicted molar refractivity (Wildman–Crippen MR) is 46.3 cm³/mol. The number of allylic oxidation sites excluding steroid dienone is 2.